The van der Waals surface area contributed by atoms with Crippen molar-refractivity contribution in [1.82, 2.24) is 4.90 Å². The lowest BCUT2D eigenvalue weighted by Gasteiger charge is -2.24. The normalized spacial score (nSPS) is 16.0. The van der Waals surface area contributed by atoms with E-state index in [-0.39, 0.29) is 12.5 Å². The first-order valence-electron chi connectivity index (χ1n) is 6.49. The van der Waals surface area contributed by atoms with E-state index in [4.69, 9.17) is 10.5 Å². The van der Waals surface area contributed by atoms with Crippen LogP contribution in [0.25, 0.3) is 0 Å². The molecule has 1 aromatic rings. The van der Waals surface area contributed by atoms with Crippen molar-refractivity contribution in [2.75, 3.05) is 44.4 Å². The Hall–Kier alpha value is -2.24. The molecule has 0 radical (unpaired) electrons. The molecule has 6 heteroatoms. The number of nitrogens with zero attached hydrogens (tertiary/aromatic N) is 2. The van der Waals surface area contributed by atoms with Gasteiger partial charge in [-0.1, -0.05) is 0 Å². The fourth-order valence-corrected chi connectivity index (χ4v) is 2.25. The number of rotatable bonds is 2. The van der Waals surface area contributed by atoms with Crippen molar-refractivity contribution in [3.63, 3.8) is 0 Å². The predicted octanol–water partition coefficient (Wildman–Crippen LogP) is 0.724. The third-order valence-electron chi connectivity index (χ3n) is 3.47. The van der Waals surface area contributed by atoms with Gasteiger partial charge in [0, 0.05) is 20.1 Å². The number of carbonyl (C=O) groups excluding carboxylic acids is 2. The van der Waals surface area contributed by atoms with Crippen molar-refractivity contribution in [2.24, 2.45) is 0 Å². The largest absolute Gasteiger partial charge is 0.465 e. The van der Waals surface area contributed by atoms with Crippen LogP contribution >= 0.6 is 0 Å². The van der Waals surface area contributed by atoms with Crippen LogP contribution in [0.3, 0.4) is 0 Å². The fourth-order valence-electron chi connectivity index (χ4n) is 2.25. The number of esters is 1. The van der Waals surface area contributed by atoms with Crippen LogP contribution in [0.5, 0.6) is 0 Å². The monoisotopic (exact) mass is 277 g/mol. The van der Waals surface area contributed by atoms with Gasteiger partial charge >= 0.3 is 5.97 Å². The first-order valence-corrected chi connectivity index (χ1v) is 6.49. The summed E-state index contributed by atoms with van der Waals surface area (Å²) in [7, 11) is 3.13. The Kier molecular flexibility index (Phi) is 4.12. The fraction of sp³-hybridized carbons (Fsp3) is 0.429. The van der Waals surface area contributed by atoms with E-state index in [1.807, 2.05) is 4.90 Å². The molecule has 0 unspecified atom stereocenters. The van der Waals surface area contributed by atoms with Gasteiger partial charge in [-0.2, -0.15) is 0 Å². The van der Waals surface area contributed by atoms with Crippen molar-refractivity contribution in [3.8, 4) is 0 Å². The van der Waals surface area contributed by atoms with Crippen molar-refractivity contribution in [1.29, 1.82) is 0 Å². The Morgan fingerprint density at radius 2 is 2.10 bits per heavy atom. The summed E-state index contributed by atoms with van der Waals surface area (Å²) in [5.41, 5.74) is 7.66. The van der Waals surface area contributed by atoms with E-state index in [1.165, 1.54) is 7.11 Å². The van der Waals surface area contributed by atoms with Crippen LogP contribution in [0, 0.1) is 0 Å². The first-order chi connectivity index (χ1) is 9.52. The van der Waals surface area contributed by atoms with E-state index >= 15 is 0 Å². The Morgan fingerprint density at radius 1 is 1.35 bits per heavy atom. The van der Waals surface area contributed by atoms with Crippen LogP contribution in [0.4, 0.5) is 11.4 Å². The van der Waals surface area contributed by atoms with Crippen molar-refractivity contribution in [3.05, 3.63) is 23.8 Å². The number of ether oxygens (including phenoxy) is 1. The Bertz CT molecular complexity index is 530. The average molecular weight is 277 g/mol. The van der Waals surface area contributed by atoms with Crippen molar-refractivity contribution in [2.45, 2.75) is 6.42 Å². The number of carbonyl (C=O) groups is 2. The highest BCUT2D eigenvalue weighted by Gasteiger charge is 2.21. The number of methoxy groups -OCH3 is 1. The highest BCUT2D eigenvalue weighted by molar-refractivity contribution is 5.92. The molecule has 0 saturated carbocycles. The molecule has 0 aromatic heterocycles. The molecule has 1 aliphatic heterocycles. The predicted molar refractivity (Wildman–Crippen MR) is 76.7 cm³/mol. The van der Waals surface area contributed by atoms with Crippen LogP contribution in [0.1, 0.15) is 16.8 Å². The van der Waals surface area contributed by atoms with Gasteiger partial charge < -0.3 is 20.3 Å². The molecule has 0 bridgehead atoms. The molecule has 1 heterocycles. The average Bonchev–Trinajstić information content (AvgIpc) is 2.61. The third kappa shape index (κ3) is 2.84. The lowest BCUT2D eigenvalue weighted by atomic mass is 10.1. The first kappa shape index (κ1) is 14.2. The summed E-state index contributed by atoms with van der Waals surface area (Å²) in [4.78, 5) is 27.1. The smallest absolute Gasteiger partial charge is 0.337 e. The topological polar surface area (TPSA) is 75.9 Å². The number of nitrogen functional groups attached to an aromatic ring is 1. The molecule has 0 spiro atoms. The van der Waals surface area contributed by atoms with E-state index in [1.54, 1.807) is 30.1 Å². The van der Waals surface area contributed by atoms with E-state index < -0.39 is 5.97 Å². The lowest BCUT2D eigenvalue weighted by Crippen LogP contribution is -2.34. The summed E-state index contributed by atoms with van der Waals surface area (Å²) in [5.74, 6) is -0.366. The van der Waals surface area contributed by atoms with E-state index in [2.05, 4.69) is 0 Å². The summed E-state index contributed by atoms with van der Waals surface area (Å²) in [6.45, 7) is 1.72. The minimum Gasteiger partial charge on any atom is -0.465 e. The van der Waals surface area contributed by atoms with E-state index in [0.717, 1.165) is 19.5 Å². The summed E-state index contributed by atoms with van der Waals surface area (Å²) in [6.07, 6.45) is 0.865. The molecule has 1 saturated heterocycles. The van der Waals surface area contributed by atoms with Gasteiger partial charge in [0.25, 0.3) is 0 Å². The zero-order valence-corrected chi connectivity index (χ0v) is 11.8. The number of anilines is 2. The lowest BCUT2D eigenvalue weighted by molar-refractivity contribution is -0.127. The molecule has 0 aliphatic carbocycles. The van der Waals surface area contributed by atoms with E-state index in [9.17, 15) is 9.59 Å². The second-order valence-corrected chi connectivity index (χ2v) is 4.86. The number of amides is 1. The van der Waals surface area contributed by atoms with Gasteiger partial charge in [0.05, 0.1) is 30.6 Å². The van der Waals surface area contributed by atoms with Gasteiger partial charge in [-0.3, -0.25) is 4.79 Å². The van der Waals surface area contributed by atoms with Crippen LogP contribution in [0.15, 0.2) is 18.2 Å². The molecule has 2 N–H and O–H groups in total. The maximum absolute atomic E-state index is 11.9. The Labute approximate surface area is 118 Å². The maximum atomic E-state index is 11.9. The van der Waals surface area contributed by atoms with Crippen LogP contribution < -0.4 is 10.6 Å². The van der Waals surface area contributed by atoms with Gasteiger partial charge in [-0.15, -0.1) is 0 Å². The second-order valence-electron chi connectivity index (χ2n) is 4.86. The minimum absolute atomic E-state index is 0.0466. The SMILES string of the molecule is COC(=O)c1ccc(N)c(N2CCCN(C)C(=O)C2)c1. The third-order valence-corrected chi connectivity index (χ3v) is 3.47. The highest BCUT2D eigenvalue weighted by atomic mass is 16.5. The van der Waals surface area contributed by atoms with Crippen LogP contribution in [-0.2, 0) is 9.53 Å². The van der Waals surface area contributed by atoms with Crippen molar-refractivity contribution < 1.29 is 14.3 Å². The molecule has 1 aromatic carbocycles. The number of nitrogens with two attached hydrogens (primary N) is 1. The molecule has 20 heavy (non-hydrogen) atoms. The molecule has 0 atom stereocenters. The summed E-state index contributed by atoms with van der Waals surface area (Å²) < 4.78 is 4.71. The molecule has 1 fully saturated rings. The van der Waals surface area contributed by atoms with Crippen LogP contribution in [0.2, 0.25) is 0 Å². The van der Waals surface area contributed by atoms with Gasteiger partial charge in [0.1, 0.15) is 0 Å². The molecule has 1 amide bonds. The second kappa shape index (κ2) is 5.81. The molecule has 1 aliphatic rings. The molecule has 108 valence electrons. The van der Waals surface area contributed by atoms with Crippen LogP contribution in [-0.4, -0.2) is 50.6 Å². The summed E-state index contributed by atoms with van der Waals surface area (Å²) in [5, 5.41) is 0. The van der Waals surface area contributed by atoms with Gasteiger partial charge in [0.15, 0.2) is 0 Å². The highest BCUT2D eigenvalue weighted by Crippen LogP contribution is 2.26. The van der Waals surface area contributed by atoms with E-state index in [0.29, 0.717) is 16.9 Å². The quantitative estimate of drug-likeness (QED) is 0.637. The molecular weight excluding hydrogens is 258 g/mol. The summed E-state index contributed by atoms with van der Waals surface area (Å²) in [6, 6.07) is 4.97. The zero-order valence-electron chi connectivity index (χ0n) is 11.8. The van der Waals surface area contributed by atoms with Gasteiger partial charge in [-0.25, -0.2) is 4.79 Å². The van der Waals surface area contributed by atoms with Crippen molar-refractivity contribution >= 4 is 23.3 Å². The van der Waals surface area contributed by atoms with Gasteiger partial charge in [0.2, 0.25) is 5.91 Å². The zero-order chi connectivity index (χ0) is 14.7. The number of benzene rings is 1. The minimum atomic E-state index is -0.412. The summed E-state index contributed by atoms with van der Waals surface area (Å²) >= 11 is 0. The number of hydrogen-bond donors (Lipinski definition) is 1. The molecular formula is C14H19N3O3. The Morgan fingerprint density at radius 3 is 2.80 bits per heavy atom. The van der Waals surface area contributed by atoms with Gasteiger partial charge in [-0.05, 0) is 24.6 Å². The molecule has 6 nitrogen and oxygen atoms in total. The maximum Gasteiger partial charge on any atom is 0.337 e. The number of likely N-dealkylation sites (N-methyl/N-ethyl adjacent to an activating group) is 1. The molecule has 2 rings (SSSR count). The standard InChI is InChI=1S/C14H19N3O3/c1-16-6-3-7-17(9-13(16)18)12-8-10(14(19)20-2)4-5-11(12)15/h4-5,8H,3,6-7,9,15H2,1-2H3. The Balaban J connectivity index is 2.31. The number of hydrogen-bond acceptors (Lipinski definition) is 5.